The predicted octanol–water partition coefficient (Wildman–Crippen LogP) is 3.49. The molecule has 0 aliphatic heterocycles. The van der Waals surface area contributed by atoms with Gasteiger partial charge in [0, 0.05) is 25.0 Å². The molecule has 0 unspecified atom stereocenters. The maximum atomic E-state index is 14.8. The van der Waals surface area contributed by atoms with Gasteiger partial charge in [0.15, 0.2) is 0 Å². The summed E-state index contributed by atoms with van der Waals surface area (Å²) in [4.78, 5) is 46.6. The number of aromatic nitrogens is 2. The molecular weight excluding hydrogens is 485 g/mol. The number of rotatable bonds is 7. The maximum Gasteiger partial charge on any atom is 0.267 e. The molecule has 0 radical (unpaired) electrons. The first kappa shape index (κ1) is 23.9. The van der Waals surface area contributed by atoms with Crippen molar-refractivity contribution in [1.82, 2.24) is 14.9 Å². The molecule has 2 saturated carbocycles. The smallest absolute Gasteiger partial charge is 0.267 e. The van der Waals surface area contributed by atoms with Gasteiger partial charge in [-0.3, -0.25) is 19.4 Å². The van der Waals surface area contributed by atoms with Crippen molar-refractivity contribution >= 4 is 34.7 Å². The highest BCUT2D eigenvalue weighted by Crippen LogP contribution is 2.58. The van der Waals surface area contributed by atoms with E-state index < -0.39 is 17.6 Å². The Balaban J connectivity index is 1.14. The Bertz CT molecular complexity index is 1320. The van der Waals surface area contributed by atoms with E-state index in [1.54, 1.807) is 30.3 Å². The summed E-state index contributed by atoms with van der Waals surface area (Å²) < 4.78 is 20.6. The van der Waals surface area contributed by atoms with Crippen molar-refractivity contribution in [3.8, 4) is 5.88 Å². The van der Waals surface area contributed by atoms with Crippen LogP contribution >= 0.6 is 11.3 Å². The zero-order valence-electron chi connectivity index (χ0n) is 19.4. The van der Waals surface area contributed by atoms with Crippen LogP contribution in [0.3, 0.4) is 0 Å². The molecule has 3 aromatic rings. The van der Waals surface area contributed by atoms with Crippen molar-refractivity contribution < 1.29 is 23.5 Å². The zero-order chi connectivity index (χ0) is 25.4. The highest BCUT2D eigenvalue weighted by Gasteiger charge is 2.55. The minimum Gasteiger partial charge on any atom is -0.474 e. The lowest BCUT2D eigenvalue weighted by Crippen LogP contribution is -2.59. The van der Waals surface area contributed by atoms with Crippen LogP contribution in [0.2, 0.25) is 0 Å². The van der Waals surface area contributed by atoms with Gasteiger partial charge in [0.2, 0.25) is 5.88 Å². The number of nitrogens with one attached hydrogen (secondary N) is 1. The van der Waals surface area contributed by atoms with E-state index in [-0.39, 0.29) is 46.2 Å². The molecule has 2 fully saturated rings. The lowest BCUT2D eigenvalue weighted by Gasteiger charge is -2.58. The van der Waals surface area contributed by atoms with Crippen LogP contribution in [-0.4, -0.2) is 51.8 Å². The first-order valence-corrected chi connectivity index (χ1v) is 12.3. The van der Waals surface area contributed by atoms with Crippen LogP contribution < -0.4 is 15.8 Å². The Hall–Kier alpha value is -3.86. The molecule has 1 aromatic carbocycles. The van der Waals surface area contributed by atoms with E-state index >= 15 is 0 Å². The Morgan fingerprint density at radius 3 is 2.64 bits per heavy atom. The van der Waals surface area contributed by atoms with E-state index in [1.807, 2.05) is 0 Å². The van der Waals surface area contributed by atoms with Crippen LogP contribution in [0.15, 0.2) is 48.2 Å². The minimum atomic E-state index is -0.694. The van der Waals surface area contributed by atoms with Crippen LogP contribution in [0.5, 0.6) is 5.88 Å². The summed E-state index contributed by atoms with van der Waals surface area (Å²) in [6.45, 7) is 0. The molecule has 1 spiro atoms. The maximum absolute atomic E-state index is 14.8. The molecule has 0 saturated heterocycles. The fraction of sp³-hybridized carbons (Fsp3) is 0.320. The molecular formula is C25H24FN5O4S. The third-order valence-electron chi connectivity index (χ3n) is 6.96. The molecule has 9 nitrogen and oxygen atoms in total. The molecule has 2 aliphatic rings. The number of thiazole rings is 1. The summed E-state index contributed by atoms with van der Waals surface area (Å²) in [5, 5.41) is 2.61. The number of nitrogens with zero attached hydrogens (tertiary/aromatic N) is 3. The van der Waals surface area contributed by atoms with Gasteiger partial charge in [0.1, 0.15) is 22.4 Å². The van der Waals surface area contributed by atoms with Gasteiger partial charge >= 0.3 is 0 Å². The number of amides is 3. The number of benzene rings is 1. The van der Waals surface area contributed by atoms with Crippen LogP contribution in [0, 0.1) is 11.2 Å². The van der Waals surface area contributed by atoms with Crippen molar-refractivity contribution in [2.24, 2.45) is 11.1 Å². The number of hydrogen-bond donors (Lipinski definition) is 2. The molecule has 3 N–H and O–H groups in total. The Morgan fingerprint density at radius 2 is 1.97 bits per heavy atom. The summed E-state index contributed by atoms with van der Waals surface area (Å²) in [5.41, 5.74) is 7.48. The van der Waals surface area contributed by atoms with Gasteiger partial charge in [-0.15, -0.1) is 11.3 Å². The lowest BCUT2D eigenvalue weighted by atomic mass is 9.52. The van der Waals surface area contributed by atoms with Crippen LogP contribution in [0.1, 0.15) is 56.1 Å². The summed E-state index contributed by atoms with van der Waals surface area (Å²) in [6.07, 6.45) is 6.10. The first-order valence-electron chi connectivity index (χ1n) is 11.4. The molecule has 11 heteroatoms. The summed E-state index contributed by atoms with van der Waals surface area (Å²) in [6, 6.07) is 7.26. The molecule has 5 rings (SSSR count). The van der Waals surface area contributed by atoms with Gasteiger partial charge in [-0.1, -0.05) is 0 Å². The molecule has 2 aromatic heterocycles. The van der Waals surface area contributed by atoms with E-state index in [1.165, 1.54) is 35.2 Å². The highest BCUT2D eigenvalue weighted by atomic mass is 32.1. The standard InChI is InChI=1S/C25H24FN5O4S/c1-31(24(34)17-5-4-14(7-19(17)26)30-22(33)20-12-28-13-36-20)15-8-25(9-15)10-16(11-25)35-23-18(21(27)32)3-2-6-29-23/h2-7,12-13,15-16H,8-11H2,1H3,(H2,27,32)(H,30,33). The second kappa shape index (κ2) is 9.30. The highest BCUT2D eigenvalue weighted by molar-refractivity contribution is 7.11. The summed E-state index contributed by atoms with van der Waals surface area (Å²) in [5.74, 6) is -1.82. The van der Waals surface area contributed by atoms with Gasteiger partial charge in [0.25, 0.3) is 17.7 Å². The number of pyridine rings is 1. The average molecular weight is 510 g/mol. The largest absolute Gasteiger partial charge is 0.474 e. The van der Waals surface area contributed by atoms with E-state index in [0.29, 0.717) is 4.88 Å². The van der Waals surface area contributed by atoms with E-state index in [9.17, 15) is 18.8 Å². The number of anilines is 1. The summed E-state index contributed by atoms with van der Waals surface area (Å²) >= 11 is 1.18. The average Bonchev–Trinajstić information content (AvgIpc) is 3.34. The number of primary amides is 1. The number of carbonyl (C=O) groups excluding carboxylic acids is 3. The second-order valence-electron chi connectivity index (χ2n) is 9.36. The van der Waals surface area contributed by atoms with Crippen molar-refractivity contribution in [3.63, 3.8) is 0 Å². The van der Waals surface area contributed by atoms with E-state index in [4.69, 9.17) is 10.5 Å². The molecule has 2 heterocycles. The van der Waals surface area contributed by atoms with Gasteiger partial charge in [-0.25, -0.2) is 9.37 Å². The topological polar surface area (TPSA) is 128 Å². The lowest BCUT2D eigenvalue weighted by molar-refractivity contribution is -0.104. The van der Waals surface area contributed by atoms with Crippen molar-refractivity contribution in [2.45, 2.75) is 37.8 Å². The monoisotopic (exact) mass is 509 g/mol. The quantitative estimate of drug-likeness (QED) is 0.502. The molecule has 0 atom stereocenters. The number of carbonyl (C=O) groups is 3. The number of ether oxygens (including phenoxy) is 1. The Labute approximate surface area is 210 Å². The Kier molecular flexibility index (Phi) is 6.17. The molecule has 2 aliphatic carbocycles. The van der Waals surface area contributed by atoms with Crippen LogP contribution in [0.25, 0.3) is 0 Å². The van der Waals surface area contributed by atoms with Crippen LogP contribution in [-0.2, 0) is 0 Å². The van der Waals surface area contributed by atoms with Crippen molar-refractivity contribution in [2.75, 3.05) is 12.4 Å². The Morgan fingerprint density at radius 1 is 1.19 bits per heavy atom. The fourth-order valence-corrected chi connectivity index (χ4v) is 5.52. The van der Waals surface area contributed by atoms with Gasteiger partial charge < -0.3 is 20.7 Å². The number of hydrogen-bond acceptors (Lipinski definition) is 7. The fourth-order valence-electron chi connectivity index (χ4n) is 5.01. The second-order valence-corrected chi connectivity index (χ2v) is 10.2. The molecule has 36 heavy (non-hydrogen) atoms. The molecule has 3 amide bonds. The zero-order valence-corrected chi connectivity index (χ0v) is 20.3. The van der Waals surface area contributed by atoms with Gasteiger partial charge in [-0.05, 0) is 61.4 Å². The molecule has 186 valence electrons. The number of nitrogens with two attached hydrogens (primary N) is 1. The van der Waals surface area contributed by atoms with Gasteiger partial charge in [-0.2, -0.15) is 0 Å². The predicted molar refractivity (Wildman–Crippen MR) is 130 cm³/mol. The third kappa shape index (κ3) is 4.53. The number of halogens is 1. The third-order valence-corrected chi connectivity index (χ3v) is 7.73. The van der Waals surface area contributed by atoms with Crippen molar-refractivity contribution in [3.05, 3.63) is 70.1 Å². The van der Waals surface area contributed by atoms with Gasteiger partial charge in [0.05, 0.1) is 17.3 Å². The van der Waals surface area contributed by atoms with Crippen LogP contribution in [0.4, 0.5) is 10.1 Å². The minimum absolute atomic E-state index is 0.000381. The molecule has 0 bridgehead atoms. The first-order chi connectivity index (χ1) is 17.2. The van der Waals surface area contributed by atoms with E-state index in [0.717, 1.165) is 31.7 Å². The summed E-state index contributed by atoms with van der Waals surface area (Å²) in [7, 11) is 1.68. The normalized spacial score (nSPS) is 22.3. The van der Waals surface area contributed by atoms with Crippen molar-refractivity contribution in [1.29, 1.82) is 0 Å². The van der Waals surface area contributed by atoms with E-state index in [2.05, 4.69) is 15.3 Å². The SMILES string of the molecule is CN(C(=O)c1ccc(NC(=O)c2cncs2)cc1F)C1CC2(CC(Oc3ncccc3C(N)=O)C2)C1.